The van der Waals surface area contributed by atoms with Crippen LogP contribution in [0.15, 0.2) is 12.7 Å². The molecule has 0 saturated carbocycles. The lowest BCUT2D eigenvalue weighted by Gasteiger charge is -2.03. The molecule has 0 aromatic rings. The van der Waals surface area contributed by atoms with Gasteiger partial charge in [-0.2, -0.15) is 0 Å². The van der Waals surface area contributed by atoms with E-state index in [1.165, 1.54) is 12.8 Å². The molecule has 1 unspecified atom stereocenters. The highest BCUT2D eigenvalue weighted by atomic mass is 79.9. The van der Waals surface area contributed by atoms with Crippen LogP contribution >= 0.6 is 15.9 Å². The zero-order valence-electron chi connectivity index (χ0n) is 8.54. The Balaban J connectivity index is 3.06. The van der Waals surface area contributed by atoms with E-state index in [4.69, 9.17) is 5.11 Å². The number of halogens is 1. The van der Waals surface area contributed by atoms with Crippen LogP contribution < -0.4 is 0 Å². The van der Waals surface area contributed by atoms with Gasteiger partial charge in [-0.25, -0.2) is 0 Å². The SMILES string of the molecule is C=CC(Br)CCCCCCCC(=O)O. The Bertz CT molecular complexity index is 169. The second kappa shape index (κ2) is 9.25. The standard InChI is InChI=1S/C11H19BrO2/c1-2-10(12)8-6-4-3-5-7-9-11(13)14/h2,10H,1,3-9H2,(H,13,14). The van der Waals surface area contributed by atoms with Crippen molar-refractivity contribution in [3.05, 3.63) is 12.7 Å². The third-order valence-corrected chi connectivity index (χ3v) is 2.96. The zero-order chi connectivity index (χ0) is 10.8. The Morgan fingerprint density at radius 1 is 1.29 bits per heavy atom. The number of aliphatic carboxylic acids is 1. The molecule has 0 heterocycles. The van der Waals surface area contributed by atoms with Gasteiger partial charge in [0.15, 0.2) is 0 Å². The van der Waals surface area contributed by atoms with Gasteiger partial charge in [-0.1, -0.05) is 47.7 Å². The number of allylic oxidation sites excluding steroid dienone is 1. The molecule has 0 bridgehead atoms. The van der Waals surface area contributed by atoms with E-state index in [2.05, 4.69) is 22.5 Å². The van der Waals surface area contributed by atoms with Gasteiger partial charge in [0.1, 0.15) is 0 Å². The lowest BCUT2D eigenvalue weighted by atomic mass is 10.1. The molecule has 2 nitrogen and oxygen atoms in total. The van der Waals surface area contributed by atoms with E-state index in [0.29, 0.717) is 11.2 Å². The molecule has 0 aliphatic carbocycles. The van der Waals surface area contributed by atoms with Crippen molar-refractivity contribution in [1.29, 1.82) is 0 Å². The van der Waals surface area contributed by atoms with E-state index in [1.54, 1.807) is 0 Å². The fourth-order valence-electron chi connectivity index (χ4n) is 1.26. The number of unbranched alkanes of at least 4 members (excludes halogenated alkanes) is 4. The molecule has 1 N–H and O–H groups in total. The summed E-state index contributed by atoms with van der Waals surface area (Å²) in [5.41, 5.74) is 0. The van der Waals surface area contributed by atoms with E-state index < -0.39 is 5.97 Å². The molecular formula is C11H19BrO2. The summed E-state index contributed by atoms with van der Waals surface area (Å²) >= 11 is 3.48. The Kier molecular flexibility index (Phi) is 9.05. The molecule has 3 heteroatoms. The van der Waals surface area contributed by atoms with Crippen LogP contribution in [0.1, 0.15) is 44.9 Å². The highest BCUT2D eigenvalue weighted by Gasteiger charge is 1.99. The number of hydrogen-bond donors (Lipinski definition) is 1. The maximum absolute atomic E-state index is 10.2. The first-order valence-corrected chi connectivity index (χ1v) is 6.07. The second-order valence-corrected chi connectivity index (χ2v) is 4.63. The van der Waals surface area contributed by atoms with Gasteiger partial charge < -0.3 is 5.11 Å². The van der Waals surface area contributed by atoms with E-state index in [0.717, 1.165) is 25.7 Å². The van der Waals surface area contributed by atoms with Crippen molar-refractivity contribution >= 4 is 21.9 Å². The summed E-state index contributed by atoms with van der Waals surface area (Å²) in [5, 5.41) is 8.40. The first-order chi connectivity index (χ1) is 6.66. The number of alkyl halides is 1. The average Bonchev–Trinajstić information content (AvgIpc) is 2.15. The Morgan fingerprint density at radius 3 is 2.43 bits per heavy atom. The zero-order valence-corrected chi connectivity index (χ0v) is 10.1. The fraction of sp³-hybridized carbons (Fsp3) is 0.727. The molecule has 0 saturated heterocycles. The van der Waals surface area contributed by atoms with Crippen molar-refractivity contribution in [2.45, 2.75) is 49.8 Å². The van der Waals surface area contributed by atoms with E-state index in [9.17, 15) is 4.79 Å². The number of hydrogen-bond acceptors (Lipinski definition) is 1. The summed E-state index contributed by atoms with van der Waals surface area (Å²) in [7, 11) is 0. The molecule has 0 radical (unpaired) electrons. The number of rotatable bonds is 9. The van der Waals surface area contributed by atoms with Gasteiger partial charge in [0.05, 0.1) is 0 Å². The largest absolute Gasteiger partial charge is 0.481 e. The predicted molar refractivity (Wildman–Crippen MR) is 62.9 cm³/mol. The van der Waals surface area contributed by atoms with E-state index in [1.807, 2.05) is 6.08 Å². The minimum atomic E-state index is -0.683. The van der Waals surface area contributed by atoms with Gasteiger partial charge in [-0.15, -0.1) is 6.58 Å². The van der Waals surface area contributed by atoms with Crippen molar-refractivity contribution in [2.75, 3.05) is 0 Å². The molecule has 0 spiro atoms. The molecule has 0 amide bonds. The summed E-state index contributed by atoms with van der Waals surface area (Å²) in [6.07, 6.45) is 8.72. The molecule has 0 aromatic heterocycles. The molecule has 0 aliphatic rings. The minimum Gasteiger partial charge on any atom is -0.481 e. The van der Waals surface area contributed by atoms with Crippen LogP contribution in [-0.4, -0.2) is 15.9 Å². The minimum absolute atomic E-state index is 0.313. The summed E-state index contributed by atoms with van der Waals surface area (Å²) in [4.78, 5) is 10.6. The molecule has 82 valence electrons. The second-order valence-electron chi connectivity index (χ2n) is 3.45. The summed E-state index contributed by atoms with van der Waals surface area (Å²) in [6.45, 7) is 3.70. The van der Waals surface area contributed by atoms with Crippen molar-refractivity contribution < 1.29 is 9.90 Å². The number of carboxylic acid groups (broad SMARTS) is 1. The number of carbonyl (C=O) groups is 1. The molecule has 0 aromatic carbocycles. The number of carboxylic acids is 1. The molecular weight excluding hydrogens is 244 g/mol. The van der Waals surface area contributed by atoms with Crippen LogP contribution in [0.25, 0.3) is 0 Å². The van der Waals surface area contributed by atoms with Gasteiger partial charge in [-0.05, 0) is 12.8 Å². The van der Waals surface area contributed by atoms with Crippen LogP contribution in [0, 0.1) is 0 Å². The summed E-state index contributed by atoms with van der Waals surface area (Å²) in [6, 6.07) is 0. The van der Waals surface area contributed by atoms with Crippen LogP contribution in [0.3, 0.4) is 0 Å². The third kappa shape index (κ3) is 9.78. The fourth-order valence-corrected chi connectivity index (χ4v) is 1.59. The monoisotopic (exact) mass is 262 g/mol. The molecule has 0 fully saturated rings. The Labute approximate surface area is 94.5 Å². The van der Waals surface area contributed by atoms with Crippen molar-refractivity contribution in [3.8, 4) is 0 Å². The lowest BCUT2D eigenvalue weighted by Crippen LogP contribution is -1.94. The van der Waals surface area contributed by atoms with Crippen LogP contribution in [0.2, 0.25) is 0 Å². The maximum Gasteiger partial charge on any atom is 0.303 e. The highest BCUT2D eigenvalue weighted by molar-refractivity contribution is 9.09. The summed E-state index contributed by atoms with van der Waals surface area (Å²) < 4.78 is 0. The van der Waals surface area contributed by atoms with Crippen LogP contribution in [0.4, 0.5) is 0 Å². The maximum atomic E-state index is 10.2. The Hall–Kier alpha value is -0.310. The Morgan fingerprint density at radius 2 is 1.86 bits per heavy atom. The van der Waals surface area contributed by atoms with E-state index in [-0.39, 0.29) is 0 Å². The normalized spacial score (nSPS) is 12.4. The first kappa shape index (κ1) is 13.7. The lowest BCUT2D eigenvalue weighted by molar-refractivity contribution is -0.137. The van der Waals surface area contributed by atoms with Gasteiger partial charge in [0.2, 0.25) is 0 Å². The van der Waals surface area contributed by atoms with Gasteiger partial charge in [0, 0.05) is 11.2 Å². The molecule has 0 rings (SSSR count). The quantitative estimate of drug-likeness (QED) is 0.391. The van der Waals surface area contributed by atoms with Crippen molar-refractivity contribution in [1.82, 2.24) is 0 Å². The smallest absolute Gasteiger partial charge is 0.303 e. The van der Waals surface area contributed by atoms with Crippen molar-refractivity contribution in [2.24, 2.45) is 0 Å². The summed E-state index contributed by atoms with van der Waals surface area (Å²) in [5.74, 6) is -0.683. The average molecular weight is 263 g/mol. The highest BCUT2D eigenvalue weighted by Crippen LogP contribution is 2.13. The third-order valence-electron chi connectivity index (χ3n) is 2.13. The van der Waals surface area contributed by atoms with Crippen molar-refractivity contribution in [3.63, 3.8) is 0 Å². The molecule has 14 heavy (non-hydrogen) atoms. The molecule has 0 aliphatic heterocycles. The van der Waals surface area contributed by atoms with Gasteiger partial charge in [0.25, 0.3) is 0 Å². The van der Waals surface area contributed by atoms with Gasteiger partial charge in [-0.3, -0.25) is 4.79 Å². The van der Waals surface area contributed by atoms with Gasteiger partial charge >= 0.3 is 5.97 Å². The van der Waals surface area contributed by atoms with Crippen LogP contribution in [-0.2, 0) is 4.79 Å². The topological polar surface area (TPSA) is 37.3 Å². The first-order valence-electron chi connectivity index (χ1n) is 5.15. The predicted octanol–water partition coefficient (Wildman–Crippen LogP) is 3.75. The molecule has 1 atom stereocenters. The van der Waals surface area contributed by atoms with E-state index >= 15 is 0 Å². The van der Waals surface area contributed by atoms with Crippen LogP contribution in [0.5, 0.6) is 0 Å².